The van der Waals surface area contributed by atoms with E-state index in [2.05, 4.69) is 31.1 Å². The number of likely N-dealkylation sites (tertiary alicyclic amines) is 1. The van der Waals surface area contributed by atoms with Gasteiger partial charge in [-0.1, -0.05) is 13.8 Å². The molecule has 18 heavy (non-hydrogen) atoms. The van der Waals surface area contributed by atoms with E-state index in [-0.39, 0.29) is 11.9 Å². The van der Waals surface area contributed by atoms with Gasteiger partial charge in [-0.15, -0.1) is 0 Å². The number of nitrogens with zero attached hydrogens (tertiary/aromatic N) is 1. The molecule has 0 spiro atoms. The predicted octanol–water partition coefficient (Wildman–Crippen LogP) is 1.36. The Morgan fingerprint density at radius 3 is 2.72 bits per heavy atom. The first-order valence-corrected chi connectivity index (χ1v) is 7.01. The summed E-state index contributed by atoms with van der Waals surface area (Å²) in [5.41, 5.74) is 0. The topological polar surface area (TPSA) is 41.6 Å². The lowest BCUT2D eigenvalue weighted by molar-refractivity contribution is -0.146. The summed E-state index contributed by atoms with van der Waals surface area (Å²) in [5.74, 6) is 1.01. The fourth-order valence-corrected chi connectivity index (χ4v) is 2.57. The van der Waals surface area contributed by atoms with Crippen molar-refractivity contribution in [1.82, 2.24) is 10.2 Å². The zero-order chi connectivity index (χ0) is 13.5. The highest BCUT2D eigenvalue weighted by Gasteiger charge is 2.23. The standard InChI is InChI=1S/C14H28N2O2/c1-11(2)13(14(17)18-4)9-15-7-5-12-6-8-16(3)10-12/h11-13,15H,5-10H2,1-4H3. The molecule has 0 saturated carbocycles. The van der Waals surface area contributed by atoms with Gasteiger partial charge in [-0.3, -0.25) is 4.79 Å². The average molecular weight is 256 g/mol. The van der Waals surface area contributed by atoms with E-state index in [0.29, 0.717) is 5.92 Å². The molecular weight excluding hydrogens is 228 g/mol. The number of esters is 1. The third-order valence-corrected chi connectivity index (χ3v) is 3.89. The van der Waals surface area contributed by atoms with Crippen molar-refractivity contribution in [3.05, 3.63) is 0 Å². The third kappa shape index (κ3) is 4.94. The van der Waals surface area contributed by atoms with E-state index in [1.165, 1.54) is 33.0 Å². The minimum atomic E-state index is -0.0990. The smallest absolute Gasteiger partial charge is 0.310 e. The largest absolute Gasteiger partial charge is 0.469 e. The van der Waals surface area contributed by atoms with Gasteiger partial charge in [0.25, 0.3) is 0 Å². The highest BCUT2D eigenvalue weighted by molar-refractivity contribution is 5.72. The number of hydrogen-bond acceptors (Lipinski definition) is 4. The number of nitrogens with one attached hydrogen (secondary N) is 1. The first-order chi connectivity index (χ1) is 8.54. The van der Waals surface area contributed by atoms with Gasteiger partial charge in [-0.05, 0) is 44.8 Å². The molecule has 2 atom stereocenters. The normalized spacial score (nSPS) is 22.4. The quantitative estimate of drug-likeness (QED) is 0.552. The molecule has 0 aliphatic carbocycles. The van der Waals surface area contributed by atoms with Gasteiger partial charge in [-0.25, -0.2) is 0 Å². The van der Waals surface area contributed by atoms with Gasteiger partial charge < -0.3 is 15.0 Å². The Bertz CT molecular complexity index is 256. The monoisotopic (exact) mass is 256 g/mol. The second-order valence-corrected chi connectivity index (χ2v) is 5.78. The zero-order valence-electron chi connectivity index (χ0n) is 12.2. The van der Waals surface area contributed by atoms with E-state index in [9.17, 15) is 4.79 Å². The number of hydrogen-bond donors (Lipinski definition) is 1. The van der Waals surface area contributed by atoms with Crippen LogP contribution in [0, 0.1) is 17.8 Å². The van der Waals surface area contributed by atoms with Crippen molar-refractivity contribution in [3.63, 3.8) is 0 Å². The van der Waals surface area contributed by atoms with Crippen molar-refractivity contribution in [3.8, 4) is 0 Å². The second kappa shape index (κ2) is 7.74. The van der Waals surface area contributed by atoms with Crippen molar-refractivity contribution >= 4 is 5.97 Å². The van der Waals surface area contributed by atoms with Crippen LogP contribution in [0.4, 0.5) is 0 Å². The summed E-state index contributed by atoms with van der Waals surface area (Å²) in [5, 5.41) is 3.40. The minimum Gasteiger partial charge on any atom is -0.469 e. The molecule has 1 rings (SSSR count). The predicted molar refractivity (Wildman–Crippen MR) is 73.4 cm³/mol. The fourth-order valence-electron chi connectivity index (χ4n) is 2.57. The van der Waals surface area contributed by atoms with Gasteiger partial charge in [0.2, 0.25) is 0 Å². The van der Waals surface area contributed by atoms with Gasteiger partial charge in [0.1, 0.15) is 0 Å². The maximum atomic E-state index is 11.6. The molecule has 1 aliphatic heterocycles. The van der Waals surface area contributed by atoms with Crippen LogP contribution in [0.1, 0.15) is 26.7 Å². The fraction of sp³-hybridized carbons (Fsp3) is 0.929. The lowest BCUT2D eigenvalue weighted by Gasteiger charge is -2.19. The molecule has 1 N–H and O–H groups in total. The van der Waals surface area contributed by atoms with E-state index in [4.69, 9.17) is 4.74 Å². The van der Waals surface area contributed by atoms with Crippen LogP contribution in [-0.4, -0.2) is 51.2 Å². The van der Waals surface area contributed by atoms with Crippen LogP contribution in [0.3, 0.4) is 0 Å². The van der Waals surface area contributed by atoms with E-state index in [0.717, 1.165) is 19.0 Å². The van der Waals surface area contributed by atoms with E-state index >= 15 is 0 Å². The molecule has 0 aromatic carbocycles. The second-order valence-electron chi connectivity index (χ2n) is 5.78. The molecule has 4 heteroatoms. The number of ether oxygens (including phenoxy) is 1. The number of carbonyl (C=O) groups is 1. The van der Waals surface area contributed by atoms with Crippen molar-refractivity contribution < 1.29 is 9.53 Å². The Balaban J connectivity index is 2.17. The van der Waals surface area contributed by atoms with E-state index in [1.54, 1.807) is 0 Å². The van der Waals surface area contributed by atoms with Gasteiger partial charge in [0.05, 0.1) is 13.0 Å². The highest BCUT2D eigenvalue weighted by Crippen LogP contribution is 2.17. The molecule has 0 bridgehead atoms. The number of carbonyl (C=O) groups excluding carboxylic acids is 1. The molecule has 0 aromatic rings. The third-order valence-electron chi connectivity index (χ3n) is 3.89. The van der Waals surface area contributed by atoms with Crippen molar-refractivity contribution in [2.45, 2.75) is 26.7 Å². The summed E-state index contributed by atoms with van der Waals surface area (Å²) < 4.78 is 4.83. The van der Waals surface area contributed by atoms with Crippen molar-refractivity contribution in [2.75, 3.05) is 40.3 Å². The molecule has 2 unspecified atom stereocenters. The molecule has 1 aliphatic rings. The summed E-state index contributed by atoms with van der Waals surface area (Å²) in [7, 11) is 3.64. The summed E-state index contributed by atoms with van der Waals surface area (Å²) in [4.78, 5) is 14.0. The summed E-state index contributed by atoms with van der Waals surface area (Å²) in [6.07, 6.45) is 2.51. The zero-order valence-corrected chi connectivity index (χ0v) is 12.2. The van der Waals surface area contributed by atoms with Gasteiger partial charge in [-0.2, -0.15) is 0 Å². The maximum Gasteiger partial charge on any atom is 0.310 e. The summed E-state index contributed by atoms with van der Waals surface area (Å²) in [6.45, 7) is 8.30. The lowest BCUT2D eigenvalue weighted by Crippen LogP contribution is -2.34. The molecule has 106 valence electrons. The molecule has 1 heterocycles. The van der Waals surface area contributed by atoms with Crippen LogP contribution in [0.2, 0.25) is 0 Å². The van der Waals surface area contributed by atoms with Gasteiger partial charge >= 0.3 is 5.97 Å². The van der Waals surface area contributed by atoms with E-state index in [1.807, 2.05) is 0 Å². The van der Waals surface area contributed by atoms with Crippen LogP contribution in [-0.2, 0) is 9.53 Å². The average Bonchev–Trinajstić information content (AvgIpc) is 2.73. The Morgan fingerprint density at radius 1 is 1.50 bits per heavy atom. The van der Waals surface area contributed by atoms with E-state index < -0.39 is 0 Å². The Morgan fingerprint density at radius 2 is 2.22 bits per heavy atom. The SMILES string of the molecule is COC(=O)C(CNCCC1CCN(C)C1)C(C)C. The maximum absolute atomic E-state index is 11.6. The molecule has 0 aromatic heterocycles. The molecule has 1 fully saturated rings. The van der Waals surface area contributed by atoms with Crippen LogP contribution in [0.15, 0.2) is 0 Å². The molecule has 0 amide bonds. The highest BCUT2D eigenvalue weighted by atomic mass is 16.5. The summed E-state index contributed by atoms with van der Waals surface area (Å²) >= 11 is 0. The van der Waals surface area contributed by atoms with Crippen molar-refractivity contribution in [1.29, 1.82) is 0 Å². The Labute approximate surface area is 111 Å². The van der Waals surface area contributed by atoms with Gasteiger partial charge in [0, 0.05) is 13.1 Å². The minimum absolute atomic E-state index is 0.0266. The summed E-state index contributed by atoms with van der Waals surface area (Å²) in [6, 6.07) is 0. The first-order valence-electron chi connectivity index (χ1n) is 7.01. The molecule has 0 radical (unpaired) electrons. The number of rotatable bonds is 7. The molecule has 1 saturated heterocycles. The van der Waals surface area contributed by atoms with Crippen LogP contribution in [0.5, 0.6) is 0 Å². The van der Waals surface area contributed by atoms with Gasteiger partial charge in [0.15, 0.2) is 0 Å². The lowest BCUT2D eigenvalue weighted by atomic mass is 9.96. The number of methoxy groups -OCH3 is 1. The Hall–Kier alpha value is -0.610. The van der Waals surface area contributed by atoms with Crippen LogP contribution < -0.4 is 5.32 Å². The van der Waals surface area contributed by atoms with Crippen LogP contribution >= 0.6 is 0 Å². The van der Waals surface area contributed by atoms with Crippen LogP contribution in [0.25, 0.3) is 0 Å². The molecule has 4 nitrogen and oxygen atoms in total. The Kier molecular flexibility index (Phi) is 6.65. The van der Waals surface area contributed by atoms with Crippen molar-refractivity contribution in [2.24, 2.45) is 17.8 Å². The molecular formula is C14H28N2O2. The first kappa shape index (κ1) is 15.4.